The van der Waals surface area contributed by atoms with E-state index in [9.17, 15) is 4.79 Å². The molecule has 0 aliphatic rings. The van der Waals surface area contributed by atoms with Gasteiger partial charge >= 0.3 is 0 Å². The number of rotatable bonds is 9. The predicted octanol–water partition coefficient (Wildman–Crippen LogP) is 3.08. The minimum absolute atomic E-state index is 0.221. The zero-order valence-electron chi connectivity index (χ0n) is 12.6. The summed E-state index contributed by atoms with van der Waals surface area (Å²) in [5, 5.41) is 0. The standard InChI is InChI=1S/C16H26N2O2/c1-3-11-18(12-4-2)16(19)10-7-13-20-15-9-6-5-8-14(15)17/h5-6,8-9H,3-4,7,10-13,17H2,1-2H3. The number of hydrogen-bond donors (Lipinski definition) is 1. The lowest BCUT2D eigenvalue weighted by molar-refractivity contribution is -0.131. The number of nitrogens with zero attached hydrogens (tertiary/aromatic N) is 1. The van der Waals surface area contributed by atoms with Crippen molar-refractivity contribution in [3.05, 3.63) is 24.3 Å². The molecule has 0 heterocycles. The first kappa shape index (κ1) is 16.3. The van der Waals surface area contributed by atoms with Crippen LogP contribution in [0.15, 0.2) is 24.3 Å². The molecule has 0 saturated carbocycles. The van der Waals surface area contributed by atoms with Gasteiger partial charge in [-0.25, -0.2) is 0 Å². The smallest absolute Gasteiger partial charge is 0.222 e. The number of carbonyl (C=O) groups excluding carboxylic acids is 1. The van der Waals surface area contributed by atoms with Crippen LogP contribution in [-0.4, -0.2) is 30.5 Å². The largest absolute Gasteiger partial charge is 0.491 e. The second kappa shape index (κ2) is 9.23. The van der Waals surface area contributed by atoms with E-state index in [1.807, 2.05) is 29.2 Å². The van der Waals surface area contributed by atoms with Gasteiger partial charge in [-0.1, -0.05) is 26.0 Å². The molecule has 1 aromatic rings. The van der Waals surface area contributed by atoms with E-state index in [0.29, 0.717) is 24.5 Å². The Morgan fingerprint density at radius 2 is 1.85 bits per heavy atom. The fourth-order valence-corrected chi connectivity index (χ4v) is 2.08. The van der Waals surface area contributed by atoms with Gasteiger partial charge in [0.05, 0.1) is 12.3 Å². The number of para-hydroxylation sites is 2. The third-order valence-electron chi connectivity index (χ3n) is 3.05. The average molecular weight is 278 g/mol. The Kier molecular flexibility index (Phi) is 7.55. The van der Waals surface area contributed by atoms with Crippen molar-refractivity contribution in [2.24, 2.45) is 0 Å². The van der Waals surface area contributed by atoms with Crippen molar-refractivity contribution in [3.8, 4) is 5.75 Å². The highest BCUT2D eigenvalue weighted by Crippen LogP contribution is 2.19. The number of carbonyl (C=O) groups is 1. The van der Waals surface area contributed by atoms with E-state index in [4.69, 9.17) is 10.5 Å². The van der Waals surface area contributed by atoms with Gasteiger partial charge in [0.2, 0.25) is 5.91 Å². The Labute approximate surface area is 121 Å². The molecule has 0 fully saturated rings. The van der Waals surface area contributed by atoms with Crippen molar-refractivity contribution in [1.82, 2.24) is 4.90 Å². The van der Waals surface area contributed by atoms with Crippen molar-refractivity contribution in [2.75, 3.05) is 25.4 Å². The van der Waals surface area contributed by atoms with E-state index >= 15 is 0 Å². The molecule has 0 bridgehead atoms. The molecule has 1 aromatic carbocycles. The Morgan fingerprint density at radius 3 is 2.45 bits per heavy atom. The van der Waals surface area contributed by atoms with Crippen molar-refractivity contribution >= 4 is 11.6 Å². The van der Waals surface area contributed by atoms with E-state index in [1.54, 1.807) is 0 Å². The minimum atomic E-state index is 0.221. The van der Waals surface area contributed by atoms with Gasteiger partial charge in [0, 0.05) is 19.5 Å². The van der Waals surface area contributed by atoms with Gasteiger partial charge in [-0.3, -0.25) is 4.79 Å². The van der Waals surface area contributed by atoms with Crippen molar-refractivity contribution in [3.63, 3.8) is 0 Å². The fraction of sp³-hybridized carbons (Fsp3) is 0.562. The molecule has 1 rings (SSSR count). The van der Waals surface area contributed by atoms with E-state index in [0.717, 1.165) is 32.4 Å². The summed E-state index contributed by atoms with van der Waals surface area (Å²) in [6.07, 6.45) is 3.26. The Hall–Kier alpha value is -1.71. The first-order valence-corrected chi connectivity index (χ1v) is 7.44. The summed E-state index contributed by atoms with van der Waals surface area (Å²) < 4.78 is 5.59. The molecule has 112 valence electrons. The van der Waals surface area contributed by atoms with Crippen LogP contribution in [0.3, 0.4) is 0 Å². The number of nitrogen functional groups attached to an aromatic ring is 1. The molecular weight excluding hydrogens is 252 g/mol. The third-order valence-corrected chi connectivity index (χ3v) is 3.05. The molecule has 1 amide bonds. The summed E-state index contributed by atoms with van der Waals surface area (Å²) in [5.74, 6) is 0.914. The molecule has 0 spiro atoms. The monoisotopic (exact) mass is 278 g/mol. The van der Waals surface area contributed by atoms with Crippen LogP contribution in [0.25, 0.3) is 0 Å². The second-order valence-corrected chi connectivity index (χ2v) is 4.87. The van der Waals surface area contributed by atoms with E-state index in [1.165, 1.54) is 0 Å². The van der Waals surface area contributed by atoms with Crippen LogP contribution in [0, 0.1) is 0 Å². The highest BCUT2D eigenvalue weighted by molar-refractivity contribution is 5.76. The van der Waals surface area contributed by atoms with Crippen molar-refractivity contribution in [1.29, 1.82) is 0 Å². The van der Waals surface area contributed by atoms with Gasteiger partial charge in [-0.05, 0) is 31.4 Å². The highest BCUT2D eigenvalue weighted by Gasteiger charge is 2.11. The van der Waals surface area contributed by atoms with E-state index < -0.39 is 0 Å². The van der Waals surface area contributed by atoms with Crippen molar-refractivity contribution < 1.29 is 9.53 Å². The Bertz CT molecular complexity index is 401. The van der Waals surface area contributed by atoms with Crippen LogP contribution >= 0.6 is 0 Å². The summed E-state index contributed by atoms with van der Waals surface area (Å²) in [6, 6.07) is 7.42. The summed E-state index contributed by atoms with van der Waals surface area (Å²) in [5.41, 5.74) is 6.43. The molecule has 0 radical (unpaired) electrons. The SMILES string of the molecule is CCCN(CCC)C(=O)CCCOc1ccccc1N. The predicted molar refractivity (Wildman–Crippen MR) is 82.7 cm³/mol. The van der Waals surface area contributed by atoms with Gasteiger partial charge < -0.3 is 15.4 Å². The lowest BCUT2D eigenvalue weighted by atomic mass is 10.2. The molecule has 0 saturated heterocycles. The number of benzene rings is 1. The Balaban J connectivity index is 2.29. The van der Waals surface area contributed by atoms with Crippen LogP contribution in [0.5, 0.6) is 5.75 Å². The molecule has 0 aliphatic heterocycles. The summed E-state index contributed by atoms with van der Waals surface area (Å²) in [4.78, 5) is 14.0. The summed E-state index contributed by atoms with van der Waals surface area (Å²) in [7, 11) is 0. The number of anilines is 1. The van der Waals surface area contributed by atoms with Gasteiger partial charge in [-0.2, -0.15) is 0 Å². The lowest BCUT2D eigenvalue weighted by Gasteiger charge is -2.21. The minimum Gasteiger partial charge on any atom is -0.491 e. The van der Waals surface area contributed by atoms with E-state index in [2.05, 4.69) is 13.8 Å². The maximum absolute atomic E-state index is 12.0. The second-order valence-electron chi connectivity index (χ2n) is 4.87. The van der Waals surface area contributed by atoms with Crippen LogP contribution in [-0.2, 0) is 4.79 Å². The van der Waals surface area contributed by atoms with Crippen LogP contribution < -0.4 is 10.5 Å². The Morgan fingerprint density at radius 1 is 1.20 bits per heavy atom. The molecule has 20 heavy (non-hydrogen) atoms. The first-order valence-electron chi connectivity index (χ1n) is 7.44. The normalized spacial score (nSPS) is 10.3. The average Bonchev–Trinajstić information content (AvgIpc) is 2.45. The zero-order chi connectivity index (χ0) is 14.8. The van der Waals surface area contributed by atoms with Crippen LogP contribution in [0.1, 0.15) is 39.5 Å². The van der Waals surface area contributed by atoms with Gasteiger partial charge in [0.15, 0.2) is 0 Å². The maximum atomic E-state index is 12.0. The topological polar surface area (TPSA) is 55.6 Å². The van der Waals surface area contributed by atoms with Crippen molar-refractivity contribution in [2.45, 2.75) is 39.5 Å². The zero-order valence-corrected chi connectivity index (χ0v) is 12.6. The first-order chi connectivity index (χ1) is 9.69. The lowest BCUT2D eigenvalue weighted by Crippen LogP contribution is -2.32. The molecule has 4 heteroatoms. The summed E-state index contributed by atoms with van der Waals surface area (Å²) >= 11 is 0. The fourth-order valence-electron chi connectivity index (χ4n) is 2.08. The molecule has 0 aliphatic carbocycles. The van der Waals surface area contributed by atoms with Gasteiger partial charge in [0.1, 0.15) is 5.75 Å². The molecular formula is C16H26N2O2. The van der Waals surface area contributed by atoms with Crippen LogP contribution in [0.2, 0.25) is 0 Å². The molecule has 0 atom stereocenters. The molecule has 2 N–H and O–H groups in total. The maximum Gasteiger partial charge on any atom is 0.222 e. The molecule has 0 aromatic heterocycles. The van der Waals surface area contributed by atoms with Gasteiger partial charge in [-0.15, -0.1) is 0 Å². The molecule has 4 nitrogen and oxygen atoms in total. The quantitative estimate of drug-likeness (QED) is 0.558. The number of ether oxygens (including phenoxy) is 1. The highest BCUT2D eigenvalue weighted by atomic mass is 16.5. The van der Waals surface area contributed by atoms with E-state index in [-0.39, 0.29) is 5.91 Å². The number of amides is 1. The van der Waals surface area contributed by atoms with Gasteiger partial charge in [0.25, 0.3) is 0 Å². The van der Waals surface area contributed by atoms with Crippen LogP contribution in [0.4, 0.5) is 5.69 Å². The third kappa shape index (κ3) is 5.51. The number of nitrogens with two attached hydrogens (primary N) is 1. The summed E-state index contributed by atoms with van der Waals surface area (Å²) in [6.45, 7) is 6.40. The number of hydrogen-bond acceptors (Lipinski definition) is 3. The molecule has 0 unspecified atom stereocenters.